The molecule has 1 saturated heterocycles. The first kappa shape index (κ1) is 18.0. The molecule has 23 heavy (non-hydrogen) atoms. The number of nitrogens with zero attached hydrogens (tertiary/aromatic N) is 1. The SMILES string of the molecule is CCNC(=NCc1ccccc1Cl)NCCCOC1CCOC1. The summed E-state index contributed by atoms with van der Waals surface area (Å²) in [5.74, 6) is 0.802. The summed E-state index contributed by atoms with van der Waals surface area (Å²) in [4.78, 5) is 4.57. The summed E-state index contributed by atoms with van der Waals surface area (Å²) in [6.45, 7) is 6.55. The van der Waals surface area contributed by atoms with Gasteiger partial charge in [-0.2, -0.15) is 0 Å². The van der Waals surface area contributed by atoms with Crippen molar-refractivity contribution in [2.45, 2.75) is 32.4 Å². The van der Waals surface area contributed by atoms with Gasteiger partial charge in [-0.3, -0.25) is 0 Å². The Morgan fingerprint density at radius 1 is 1.39 bits per heavy atom. The van der Waals surface area contributed by atoms with Crippen LogP contribution in [-0.4, -0.2) is 45.0 Å². The van der Waals surface area contributed by atoms with E-state index in [2.05, 4.69) is 22.5 Å². The fraction of sp³-hybridized carbons (Fsp3) is 0.588. The predicted molar refractivity (Wildman–Crippen MR) is 94.1 cm³/mol. The molecule has 1 fully saturated rings. The second kappa shape index (κ2) is 10.5. The first-order chi connectivity index (χ1) is 11.3. The highest BCUT2D eigenvalue weighted by Gasteiger charge is 2.15. The third-order valence-corrected chi connectivity index (χ3v) is 3.93. The molecule has 1 aromatic rings. The van der Waals surface area contributed by atoms with Crippen LogP contribution in [0.2, 0.25) is 5.02 Å². The molecule has 1 aliphatic rings. The zero-order chi connectivity index (χ0) is 16.3. The van der Waals surface area contributed by atoms with Crippen molar-refractivity contribution < 1.29 is 9.47 Å². The van der Waals surface area contributed by atoms with Gasteiger partial charge in [0.05, 0.1) is 19.3 Å². The highest BCUT2D eigenvalue weighted by atomic mass is 35.5. The summed E-state index contributed by atoms with van der Waals surface area (Å²) >= 11 is 6.16. The monoisotopic (exact) mass is 339 g/mol. The van der Waals surface area contributed by atoms with Gasteiger partial charge < -0.3 is 20.1 Å². The molecule has 0 aromatic heterocycles. The number of nitrogens with one attached hydrogen (secondary N) is 2. The minimum absolute atomic E-state index is 0.275. The number of benzene rings is 1. The normalized spacial score (nSPS) is 18.2. The van der Waals surface area contributed by atoms with Crippen molar-refractivity contribution in [3.63, 3.8) is 0 Å². The van der Waals surface area contributed by atoms with Crippen LogP contribution >= 0.6 is 11.6 Å². The van der Waals surface area contributed by atoms with Crippen LogP contribution in [0.5, 0.6) is 0 Å². The van der Waals surface area contributed by atoms with Crippen molar-refractivity contribution in [1.29, 1.82) is 0 Å². The number of rotatable bonds is 8. The lowest BCUT2D eigenvalue weighted by atomic mass is 10.2. The highest BCUT2D eigenvalue weighted by molar-refractivity contribution is 6.31. The second-order valence-electron chi connectivity index (χ2n) is 5.42. The van der Waals surface area contributed by atoms with Crippen LogP contribution in [0.3, 0.4) is 0 Å². The van der Waals surface area contributed by atoms with E-state index < -0.39 is 0 Å². The molecule has 0 spiro atoms. The van der Waals surface area contributed by atoms with Crippen LogP contribution in [0, 0.1) is 0 Å². The number of ether oxygens (including phenoxy) is 2. The van der Waals surface area contributed by atoms with E-state index in [9.17, 15) is 0 Å². The van der Waals surface area contributed by atoms with Crippen LogP contribution in [-0.2, 0) is 16.0 Å². The van der Waals surface area contributed by atoms with Gasteiger partial charge in [0.1, 0.15) is 0 Å². The van der Waals surface area contributed by atoms with Gasteiger partial charge in [0.2, 0.25) is 0 Å². The lowest BCUT2D eigenvalue weighted by Crippen LogP contribution is -2.38. The van der Waals surface area contributed by atoms with Gasteiger partial charge in [-0.15, -0.1) is 0 Å². The first-order valence-electron chi connectivity index (χ1n) is 8.24. The maximum absolute atomic E-state index is 6.16. The van der Waals surface area contributed by atoms with Gasteiger partial charge in [-0.1, -0.05) is 29.8 Å². The molecule has 1 heterocycles. The Hall–Kier alpha value is -1.30. The van der Waals surface area contributed by atoms with Crippen LogP contribution in [0.1, 0.15) is 25.3 Å². The molecule has 2 rings (SSSR count). The van der Waals surface area contributed by atoms with E-state index in [0.29, 0.717) is 6.54 Å². The maximum Gasteiger partial charge on any atom is 0.191 e. The van der Waals surface area contributed by atoms with Crippen molar-refractivity contribution in [1.82, 2.24) is 10.6 Å². The van der Waals surface area contributed by atoms with E-state index >= 15 is 0 Å². The van der Waals surface area contributed by atoms with Crippen LogP contribution < -0.4 is 10.6 Å². The average molecular weight is 340 g/mol. The van der Waals surface area contributed by atoms with Gasteiger partial charge in [0, 0.05) is 31.3 Å². The molecule has 1 atom stereocenters. The molecule has 2 N–H and O–H groups in total. The number of hydrogen-bond donors (Lipinski definition) is 2. The van der Waals surface area contributed by atoms with Crippen molar-refractivity contribution in [3.8, 4) is 0 Å². The van der Waals surface area contributed by atoms with Crippen molar-refractivity contribution >= 4 is 17.6 Å². The Labute approximate surface area is 143 Å². The Morgan fingerprint density at radius 3 is 3.00 bits per heavy atom. The van der Waals surface area contributed by atoms with E-state index in [1.54, 1.807) is 0 Å². The third-order valence-electron chi connectivity index (χ3n) is 3.56. The predicted octanol–water partition coefficient (Wildman–Crippen LogP) is 2.59. The zero-order valence-electron chi connectivity index (χ0n) is 13.7. The molecule has 1 unspecified atom stereocenters. The molecule has 1 aliphatic heterocycles. The molecular weight excluding hydrogens is 314 g/mol. The van der Waals surface area contributed by atoms with Gasteiger partial charge in [-0.25, -0.2) is 4.99 Å². The number of aliphatic imine (C=N–C) groups is 1. The Kier molecular flexibility index (Phi) is 8.21. The number of hydrogen-bond acceptors (Lipinski definition) is 3. The minimum Gasteiger partial charge on any atom is -0.379 e. The smallest absolute Gasteiger partial charge is 0.191 e. The second-order valence-corrected chi connectivity index (χ2v) is 5.83. The zero-order valence-corrected chi connectivity index (χ0v) is 14.4. The van der Waals surface area contributed by atoms with E-state index in [0.717, 1.165) is 62.3 Å². The summed E-state index contributed by atoms with van der Waals surface area (Å²) in [5, 5.41) is 7.31. The van der Waals surface area contributed by atoms with E-state index in [1.165, 1.54) is 0 Å². The Morgan fingerprint density at radius 2 is 2.26 bits per heavy atom. The molecular formula is C17H26ClN3O2. The summed E-state index contributed by atoms with van der Waals surface area (Å²) < 4.78 is 11.0. The van der Waals surface area contributed by atoms with E-state index in [4.69, 9.17) is 21.1 Å². The molecule has 0 aliphatic carbocycles. The van der Waals surface area contributed by atoms with Crippen molar-refractivity contribution in [3.05, 3.63) is 34.9 Å². The van der Waals surface area contributed by atoms with Crippen molar-refractivity contribution in [2.75, 3.05) is 32.9 Å². The highest BCUT2D eigenvalue weighted by Crippen LogP contribution is 2.15. The summed E-state index contributed by atoms with van der Waals surface area (Å²) in [5.41, 5.74) is 1.02. The van der Waals surface area contributed by atoms with E-state index in [-0.39, 0.29) is 6.10 Å². The van der Waals surface area contributed by atoms with Crippen LogP contribution in [0.4, 0.5) is 0 Å². The number of guanidine groups is 1. The molecule has 0 radical (unpaired) electrons. The minimum atomic E-state index is 0.275. The van der Waals surface area contributed by atoms with Gasteiger partial charge >= 0.3 is 0 Å². The summed E-state index contributed by atoms with van der Waals surface area (Å²) in [7, 11) is 0. The molecule has 128 valence electrons. The molecule has 0 bridgehead atoms. The Bertz CT molecular complexity index is 490. The quantitative estimate of drug-likeness (QED) is 0.434. The third kappa shape index (κ3) is 6.77. The Balaban J connectivity index is 1.70. The summed E-state index contributed by atoms with van der Waals surface area (Å²) in [6, 6.07) is 7.78. The largest absolute Gasteiger partial charge is 0.379 e. The topological polar surface area (TPSA) is 54.9 Å². The van der Waals surface area contributed by atoms with Crippen LogP contribution in [0.25, 0.3) is 0 Å². The molecule has 1 aromatic carbocycles. The lowest BCUT2D eigenvalue weighted by molar-refractivity contribution is 0.0420. The molecule has 0 saturated carbocycles. The van der Waals surface area contributed by atoms with Gasteiger partial charge in [-0.05, 0) is 31.4 Å². The first-order valence-corrected chi connectivity index (χ1v) is 8.62. The van der Waals surface area contributed by atoms with Gasteiger partial charge in [0.15, 0.2) is 5.96 Å². The fourth-order valence-corrected chi connectivity index (χ4v) is 2.50. The molecule has 5 nitrogen and oxygen atoms in total. The summed E-state index contributed by atoms with van der Waals surface area (Å²) in [6.07, 6.45) is 2.22. The lowest BCUT2D eigenvalue weighted by Gasteiger charge is -2.13. The standard InChI is InChI=1S/C17H26ClN3O2/c1-2-19-17(21-12-14-6-3-4-7-16(14)18)20-9-5-10-23-15-8-11-22-13-15/h3-4,6-7,15H,2,5,8-13H2,1H3,(H2,19,20,21). The van der Waals surface area contributed by atoms with Gasteiger partial charge in [0.25, 0.3) is 0 Å². The van der Waals surface area contributed by atoms with E-state index in [1.807, 2.05) is 24.3 Å². The molecule has 6 heteroatoms. The number of halogens is 1. The molecule has 0 amide bonds. The van der Waals surface area contributed by atoms with Crippen molar-refractivity contribution in [2.24, 2.45) is 4.99 Å². The maximum atomic E-state index is 6.16. The average Bonchev–Trinajstić information content (AvgIpc) is 3.07. The van der Waals surface area contributed by atoms with Crippen LogP contribution in [0.15, 0.2) is 29.3 Å². The fourth-order valence-electron chi connectivity index (χ4n) is 2.31.